The summed E-state index contributed by atoms with van der Waals surface area (Å²) in [6.07, 6.45) is -1.18. The molecule has 2 atom stereocenters. The molecule has 0 fully saturated rings. The number of carbonyl (C=O) groups is 3. The van der Waals surface area contributed by atoms with Crippen LogP contribution in [0.15, 0.2) is 29.2 Å². The Labute approximate surface area is 150 Å². The zero-order chi connectivity index (χ0) is 19.2. The fourth-order valence-corrected chi connectivity index (χ4v) is 2.79. The lowest BCUT2D eigenvalue weighted by Gasteiger charge is -2.21. The average molecular weight is 368 g/mol. The quantitative estimate of drug-likeness (QED) is 0.774. The second kappa shape index (κ2) is 8.75. The Hall–Kier alpha value is -2.22. The number of amides is 3. The fourth-order valence-electron chi connectivity index (χ4n) is 1.85. The van der Waals surface area contributed by atoms with E-state index in [-0.39, 0.29) is 5.56 Å². The maximum Gasteiger partial charge on any atom is 0.340 e. The molecule has 0 aromatic heterocycles. The van der Waals surface area contributed by atoms with Gasteiger partial charge in [0.25, 0.3) is 5.91 Å². The highest BCUT2D eigenvalue weighted by atomic mass is 32.2. The van der Waals surface area contributed by atoms with Gasteiger partial charge in [0.15, 0.2) is 6.10 Å². The molecule has 25 heavy (non-hydrogen) atoms. The van der Waals surface area contributed by atoms with E-state index >= 15 is 0 Å². The number of esters is 1. The maximum atomic E-state index is 12.3. The van der Waals surface area contributed by atoms with E-state index in [1.165, 1.54) is 13.0 Å². The Balaban J connectivity index is 2.76. The summed E-state index contributed by atoms with van der Waals surface area (Å²) in [5.74, 6) is -1.16. The number of imide groups is 1. The van der Waals surface area contributed by atoms with Crippen molar-refractivity contribution in [3.63, 3.8) is 0 Å². The molecule has 1 aromatic carbocycles. The SMILES string of the molecule is CC[S@](=O)c1ccccc1C(=O)O[C@H](C)C(=O)NC(=O)NC(C)(C)C. The minimum absolute atomic E-state index is 0.140. The van der Waals surface area contributed by atoms with Crippen molar-refractivity contribution in [1.82, 2.24) is 10.6 Å². The van der Waals surface area contributed by atoms with Gasteiger partial charge in [-0.05, 0) is 39.8 Å². The smallest absolute Gasteiger partial charge is 0.340 e. The third-order valence-corrected chi connectivity index (χ3v) is 4.36. The van der Waals surface area contributed by atoms with Gasteiger partial charge in [0, 0.05) is 11.3 Å². The predicted octanol–water partition coefficient (Wildman–Crippen LogP) is 1.98. The zero-order valence-corrected chi connectivity index (χ0v) is 15.9. The first-order valence-electron chi connectivity index (χ1n) is 7.86. The van der Waals surface area contributed by atoms with E-state index in [0.717, 1.165) is 0 Å². The minimum Gasteiger partial charge on any atom is -0.449 e. The molecule has 0 bridgehead atoms. The van der Waals surface area contributed by atoms with Crippen molar-refractivity contribution in [3.05, 3.63) is 29.8 Å². The van der Waals surface area contributed by atoms with Crippen molar-refractivity contribution in [2.45, 2.75) is 51.2 Å². The molecule has 0 radical (unpaired) electrons. The molecule has 2 N–H and O–H groups in total. The van der Waals surface area contributed by atoms with Gasteiger partial charge in [0.2, 0.25) is 0 Å². The monoisotopic (exact) mass is 368 g/mol. The Morgan fingerprint density at radius 3 is 2.36 bits per heavy atom. The lowest BCUT2D eigenvalue weighted by atomic mass is 10.1. The second-order valence-electron chi connectivity index (χ2n) is 6.37. The van der Waals surface area contributed by atoms with Gasteiger partial charge in [-0.25, -0.2) is 9.59 Å². The van der Waals surface area contributed by atoms with Gasteiger partial charge in [-0.15, -0.1) is 0 Å². The van der Waals surface area contributed by atoms with Crippen molar-refractivity contribution in [2.75, 3.05) is 5.75 Å². The third kappa shape index (κ3) is 6.66. The summed E-state index contributed by atoms with van der Waals surface area (Å²) in [5.41, 5.74) is -0.366. The van der Waals surface area contributed by atoms with E-state index in [2.05, 4.69) is 10.6 Å². The molecule has 138 valence electrons. The van der Waals surface area contributed by atoms with Crippen LogP contribution in [0.25, 0.3) is 0 Å². The number of benzene rings is 1. The topological polar surface area (TPSA) is 102 Å². The van der Waals surface area contributed by atoms with Crippen LogP contribution in [0, 0.1) is 0 Å². The van der Waals surface area contributed by atoms with Crippen molar-refractivity contribution < 1.29 is 23.3 Å². The van der Waals surface area contributed by atoms with Gasteiger partial charge in [-0.1, -0.05) is 19.1 Å². The Kier molecular flexibility index (Phi) is 7.29. The number of carbonyl (C=O) groups excluding carboxylic acids is 3. The first kappa shape index (κ1) is 20.8. The lowest BCUT2D eigenvalue weighted by molar-refractivity contribution is -0.127. The molecular formula is C17H24N2O5S. The van der Waals surface area contributed by atoms with E-state index in [0.29, 0.717) is 10.6 Å². The number of hydrogen-bond acceptors (Lipinski definition) is 5. The molecule has 0 spiro atoms. The minimum atomic E-state index is -1.33. The van der Waals surface area contributed by atoms with Crippen molar-refractivity contribution in [1.29, 1.82) is 0 Å². The molecule has 7 nitrogen and oxygen atoms in total. The molecule has 1 aromatic rings. The summed E-state index contributed by atoms with van der Waals surface area (Å²) in [5, 5.41) is 4.69. The molecular weight excluding hydrogens is 344 g/mol. The standard InChI is InChI=1S/C17H24N2O5S/c1-6-25(23)13-10-8-7-9-12(13)15(21)24-11(2)14(20)18-16(22)19-17(3,4)5/h7-11H,6H2,1-5H3,(H2,18,19,20,22)/t11-,25+/m1/s1. The van der Waals surface area contributed by atoms with E-state index in [1.54, 1.807) is 45.9 Å². The number of rotatable bonds is 5. The van der Waals surface area contributed by atoms with E-state index in [4.69, 9.17) is 4.74 Å². The highest BCUT2D eigenvalue weighted by Gasteiger charge is 2.24. The second-order valence-corrected chi connectivity index (χ2v) is 8.08. The lowest BCUT2D eigenvalue weighted by Crippen LogP contribution is -2.50. The highest BCUT2D eigenvalue weighted by molar-refractivity contribution is 7.85. The summed E-state index contributed by atoms with van der Waals surface area (Å²) < 4.78 is 17.1. The number of ether oxygens (including phenoxy) is 1. The van der Waals surface area contributed by atoms with Crippen LogP contribution in [-0.4, -0.2) is 39.5 Å². The molecule has 0 heterocycles. The van der Waals surface area contributed by atoms with Gasteiger partial charge < -0.3 is 10.1 Å². The van der Waals surface area contributed by atoms with Crippen LogP contribution in [-0.2, 0) is 20.3 Å². The molecule has 0 saturated carbocycles. The van der Waals surface area contributed by atoms with Crippen molar-refractivity contribution in [2.24, 2.45) is 0 Å². The van der Waals surface area contributed by atoms with Gasteiger partial charge in [0.05, 0.1) is 21.3 Å². The summed E-state index contributed by atoms with van der Waals surface area (Å²) in [6.45, 7) is 8.40. The predicted molar refractivity (Wildman–Crippen MR) is 94.7 cm³/mol. The van der Waals surface area contributed by atoms with Crippen LogP contribution in [0.3, 0.4) is 0 Å². The largest absolute Gasteiger partial charge is 0.449 e. The number of urea groups is 1. The Morgan fingerprint density at radius 1 is 1.20 bits per heavy atom. The molecule has 1 rings (SSSR count). The van der Waals surface area contributed by atoms with Gasteiger partial charge >= 0.3 is 12.0 Å². The highest BCUT2D eigenvalue weighted by Crippen LogP contribution is 2.16. The normalized spacial score (nSPS) is 13.5. The van der Waals surface area contributed by atoms with Crippen LogP contribution >= 0.6 is 0 Å². The number of hydrogen-bond donors (Lipinski definition) is 2. The molecule has 0 aliphatic heterocycles. The summed E-state index contributed by atoms with van der Waals surface area (Å²) in [7, 11) is -1.33. The van der Waals surface area contributed by atoms with Crippen molar-refractivity contribution in [3.8, 4) is 0 Å². The molecule has 8 heteroatoms. The Morgan fingerprint density at radius 2 is 1.80 bits per heavy atom. The fraction of sp³-hybridized carbons (Fsp3) is 0.471. The maximum absolute atomic E-state index is 12.3. The molecule has 0 saturated heterocycles. The van der Waals surface area contributed by atoms with Crippen LogP contribution < -0.4 is 10.6 Å². The van der Waals surface area contributed by atoms with Gasteiger partial charge in [-0.2, -0.15) is 0 Å². The van der Waals surface area contributed by atoms with E-state index in [9.17, 15) is 18.6 Å². The Bertz CT molecular complexity index is 682. The summed E-state index contributed by atoms with van der Waals surface area (Å²) in [4.78, 5) is 36.3. The molecule has 0 aliphatic rings. The van der Waals surface area contributed by atoms with Crippen LogP contribution in [0.1, 0.15) is 45.0 Å². The molecule has 0 aliphatic carbocycles. The van der Waals surface area contributed by atoms with Crippen molar-refractivity contribution >= 4 is 28.7 Å². The summed E-state index contributed by atoms with van der Waals surface area (Å²) >= 11 is 0. The van der Waals surface area contributed by atoms with Crippen LogP contribution in [0.4, 0.5) is 4.79 Å². The number of nitrogens with one attached hydrogen (secondary N) is 2. The first-order valence-corrected chi connectivity index (χ1v) is 9.18. The van der Waals surface area contributed by atoms with Crippen LogP contribution in [0.5, 0.6) is 0 Å². The van der Waals surface area contributed by atoms with Gasteiger partial charge in [0.1, 0.15) is 0 Å². The third-order valence-electron chi connectivity index (χ3n) is 2.99. The first-order chi connectivity index (χ1) is 11.5. The molecule has 0 unspecified atom stereocenters. The van der Waals surface area contributed by atoms with E-state index in [1.807, 2.05) is 0 Å². The zero-order valence-electron chi connectivity index (χ0n) is 15.0. The van der Waals surface area contributed by atoms with E-state index < -0.39 is 40.4 Å². The van der Waals surface area contributed by atoms with Gasteiger partial charge in [-0.3, -0.25) is 14.3 Å². The van der Waals surface area contributed by atoms with Crippen LogP contribution in [0.2, 0.25) is 0 Å². The summed E-state index contributed by atoms with van der Waals surface area (Å²) in [6, 6.07) is 5.69. The molecule has 3 amide bonds. The average Bonchev–Trinajstić information content (AvgIpc) is 2.51.